The predicted octanol–water partition coefficient (Wildman–Crippen LogP) is 3.84. The first-order valence-electron chi connectivity index (χ1n) is 11.5. The normalized spacial score (nSPS) is 14.2. The SMILES string of the molecule is Cc1ccc(NC(=O)CCC(=O)N(CCC#N)c2ccccc2)cc1S(=O)(=O)N1CCCCC1. The van der Waals surface area contributed by atoms with Gasteiger partial charge in [-0.3, -0.25) is 9.59 Å². The highest BCUT2D eigenvalue weighted by Gasteiger charge is 2.27. The minimum atomic E-state index is -3.63. The number of hydrogen-bond acceptors (Lipinski definition) is 5. The molecule has 1 aliphatic heterocycles. The van der Waals surface area contributed by atoms with E-state index in [1.807, 2.05) is 24.3 Å². The van der Waals surface area contributed by atoms with Gasteiger partial charge in [-0.1, -0.05) is 30.7 Å². The van der Waals surface area contributed by atoms with Gasteiger partial charge in [0.15, 0.2) is 0 Å². The summed E-state index contributed by atoms with van der Waals surface area (Å²) in [6.45, 7) is 2.99. The molecule has 1 N–H and O–H groups in total. The molecule has 34 heavy (non-hydrogen) atoms. The number of hydrogen-bond donors (Lipinski definition) is 1. The Morgan fingerprint density at radius 2 is 1.76 bits per heavy atom. The van der Waals surface area contributed by atoms with Crippen molar-refractivity contribution in [3.63, 3.8) is 0 Å². The molecule has 0 aliphatic carbocycles. The van der Waals surface area contributed by atoms with Gasteiger partial charge in [-0.15, -0.1) is 0 Å². The van der Waals surface area contributed by atoms with Gasteiger partial charge < -0.3 is 10.2 Å². The number of nitrogens with one attached hydrogen (secondary N) is 1. The summed E-state index contributed by atoms with van der Waals surface area (Å²) in [5.74, 6) is -0.638. The van der Waals surface area contributed by atoms with Gasteiger partial charge in [0, 0.05) is 43.9 Å². The third kappa shape index (κ3) is 6.43. The van der Waals surface area contributed by atoms with E-state index >= 15 is 0 Å². The van der Waals surface area contributed by atoms with Crippen molar-refractivity contribution in [2.24, 2.45) is 0 Å². The fourth-order valence-corrected chi connectivity index (χ4v) is 5.71. The van der Waals surface area contributed by atoms with E-state index in [4.69, 9.17) is 5.26 Å². The Kier molecular flexibility index (Phi) is 8.79. The van der Waals surface area contributed by atoms with Crippen LogP contribution in [0.25, 0.3) is 0 Å². The van der Waals surface area contributed by atoms with Gasteiger partial charge >= 0.3 is 0 Å². The van der Waals surface area contributed by atoms with Crippen molar-refractivity contribution in [1.82, 2.24) is 4.31 Å². The van der Waals surface area contributed by atoms with Gasteiger partial charge in [-0.25, -0.2) is 8.42 Å². The zero-order chi connectivity index (χ0) is 24.6. The van der Waals surface area contributed by atoms with E-state index in [0.717, 1.165) is 19.3 Å². The molecule has 1 saturated heterocycles. The molecule has 9 heteroatoms. The van der Waals surface area contributed by atoms with E-state index in [9.17, 15) is 18.0 Å². The molecule has 1 fully saturated rings. The molecule has 0 atom stereocenters. The Balaban J connectivity index is 1.65. The van der Waals surface area contributed by atoms with Crippen molar-refractivity contribution < 1.29 is 18.0 Å². The van der Waals surface area contributed by atoms with Gasteiger partial charge in [0.2, 0.25) is 21.8 Å². The lowest BCUT2D eigenvalue weighted by Gasteiger charge is -2.26. The number of nitriles is 1. The van der Waals surface area contributed by atoms with E-state index in [-0.39, 0.29) is 42.5 Å². The number of anilines is 2. The Hall–Kier alpha value is -3.22. The second-order valence-corrected chi connectivity index (χ2v) is 10.2. The molecule has 2 aromatic carbocycles. The Bertz CT molecular complexity index is 1150. The van der Waals surface area contributed by atoms with Crippen LogP contribution in [-0.4, -0.2) is 44.2 Å². The highest BCUT2D eigenvalue weighted by molar-refractivity contribution is 7.89. The second-order valence-electron chi connectivity index (χ2n) is 8.28. The summed E-state index contributed by atoms with van der Waals surface area (Å²) in [6.07, 6.45) is 2.81. The first-order chi connectivity index (χ1) is 16.3. The lowest BCUT2D eigenvalue weighted by molar-refractivity contribution is -0.122. The summed E-state index contributed by atoms with van der Waals surface area (Å²) in [6, 6.07) is 15.9. The van der Waals surface area contributed by atoms with Crippen molar-refractivity contribution >= 4 is 33.2 Å². The van der Waals surface area contributed by atoms with E-state index in [1.54, 1.807) is 31.2 Å². The van der Waals surface area contributed by atoms with Gasteiger partial charge in [0.1, 0.15) is 0 Å². The fraction of sp³-hybridized carbons (Fsp3) is 0.400. The molecule has 1 aliphatic rings. The zero-order valence-electron chi connectivity index (χ0n) is 19.4. The van der Waals surface area contributed by atoms with Gasteiger partial charge in [0.25, 0.3) is 0 Å². The van der Waals surface area contributed by atoms with Gasteiger partial charge in [0.05, 0.1) is 17.4 Å². The van der Waals surface area contributed by atoms with Crippen molar-refractivity contribution in [2.45, 2.75) is 50.3 Å². The van der Waals surface area contributed by atoms with Crippen LogP contribution >= 0.6 is 0 Å². The Morgan fingerprint density at radius 1 is 1.06 bits per heavy atom. The van der Waals surface area contributed by atoms with Crippen LogP contribution in [-0.2, 0) is 19.6 Å². The highest BCUT2D eigenvalue weighted by atomic mass is 32.2. The van der Waals surface area contributed by atoms with E-state index < -0.39 is 10.0 Å². The second kappa shape index (κ2) is 11.8. The van der Waals surface area contributed by atoms with Crippen LogP contribution in [0.1, 0.15) is 44.1 Å². The maximum Gasteiger partial charge on any atom is 0.243 e. The number of piperidine rings is 1. The number of nitrogens with zero attached hydrogens (tertiary/aromatic N) is 3. The first kappa shape index (κ1) is 25.4. The zero-order valence-corrected chi connectivity index (χ0v) is 20.2. The summed E-state index contributed by atoms with van der Waals surface area (Å²) in [4.78, 5) is 27.0. The number of para-hydroxylation sites is 1. The highest BCUT2D eigenvalue weighted by Crippen LogP contribution is 2.26. The molecule has 1 heterocycles. The molecule has 0 unspecified atom stereocenters. The smallest absolute Gasteiger partial charge is 0.243 e. The molecule has 0 saturated carbocycles. The molecule has 3 rings (SSSR count). The number of rotatable bonds is 9. The third-order valence-electron chi connectivity index (χ3n) is 5.79. The topological polar surface area (TPSA) is 111 Å². The number of sulfonamides is 1. The summed E-state index contributed by atoms with van der Waals surface area (Å²) < 4.78 is 27.7. The van der Waals surface area contributed by atoms with E-state index in [0.29, 0.717) is 30.0 Å². The number of benzene rings is 2. The quantitative estimate of drug-likeness (QED) is 0.584. The van der Waals surface area contributed by atoms with Crippen LogP contribution in [0.15, 0.2) is 53.4 Å². The maximum absolute atomic E-state index is 13.1. The summed E-state index contributed by atoms with van der Waals surface area (Å²) in [5.41, 5.74) is 1.67. The molecule has 8 nitrogen and oxygen atoms in total. The first-order valence-corrected chi connectivity index (χ1v) is 12.9. The summed E-state index contributed by atoms with van der Waals surface area (Å²) in [5, 5.41) is 11.6. The van der Waals surface area contributed by atoms with Crippen molar-refractivity contribution in [3.05, 3.63) is 54.1 Å². The number of carbonyl (C=O) groups is 2. The minimum absolute atomic E-state index is 0.0308. The molecule has 0 radical (unpaired) electrons. The molecule has 2 amide bonds. The van der Waals surface area contributed by atoms with Gasteiger partial charge in [-0.05, 0) is 49.6 Å². The number of aryl methyl sites for hydroxylation is 1. The van der Waals surface area contributed by atoms with Crippen molar-refractivity contribution in [3.8, 4) is 6.07 Å². The maximum atomic E-state index is 13.1. The van der Waals surface area contributed by atoms with Crippen LogP contribution in [0.3, 0.4) is 0 Å². The number of amides is 2. The van der Waals surface area contributed by atoms with Crippen LogP contribution in [0.4, 0.5) is 11.4 Å². The fourth-order valence-electron chi connectivity index (χ4n) is 3.95. The average Bonchev–Trinajstić information content (AvgIpc) is 2.85. The largest absolute Gasteiger partial charge is 0.326 e. The van der Waals surface area contributed by atoms with E-state index in [2.05, 4.69) is 5.32 Å². The Labute approximate surface area is 201 Å². The molecular formula is C25H30N4O4S. The molecule has 0 spiro atoms. The van der Waals surface area contributed by atoms with Crippen LogP contribution in [0.5, 0.6) is 0 Å². The van der Waals surface area contributed by atoms with Crippen molar-refractivity contribution in [1.29, 1.82) is 5.26 Å². The molecule has 0 bridgehead atoms. The van der Waals surface area contributed by atoms with E-state index in [1.165, 1.54) is 15.3 Å². The van der Waals surface area contributed by atoms with Crippen molar-refractivity contribution in [2.75, 3.05) is 29.9 Å². The number of carbonyl (C=O) groups excluding carboxylic acids is 2. The minimum Gasteiger partial charge on any atom is -0.326 e. The standard InChI is InChI=1S/C25H30N4O4S/c1-20-11-12-21(19-23(20)34(32,33)28-16-6-3-7-17-28)27-24(30)13-14-25(31)29(18-8-15-26)22-9-4-2-5-10-22/h2,4-5,9-12,19H,3,6-8,13-14,16-18H2,1H3,(H,27,30). The third-order valence-corrected chi connectivity index (χ3v) is 7.83. The van der Waals surface area contributed by atoms with Crippen LogP contribution < -0.4 is 10.2 Å². The average molecular weight is 483 g/mol. The molecule has 2 aromatic rings. The van der Waals surface area contributed by atoms with Gasteiger partial charge in [-0.2, -0.15) is 9.57 Å². The molecule has 0 aromatic heterocycles. The lowest BCUT2D eigenvalue weighted by atomic mass is 10.2. The molecular weight excluding hydrogens is 452 g/mol. The monoisotopic (exact) mass is 482 g/mol. The van der Waals surface area contributed by atoms with Crippen LogP contribution in [0.2, 0.25) is 0 Å². The summed E-state index contributed by atoms with van der Waals surface area (Å²) >= 11 is 0. The Morgan fingerprint density at radius 3 is 2.44 bits per heavy atom. The lowest BCUT2D eigenvalue weighted by Crippen LogP contribution is -2.36. The van der Waals surface area contributed by atoms with Crippen LogP contribution in [0, 0.1) is 18.3 Å². The summed E-state index contributed by atoms with van der Waals surface area (Å²) in [7, 11) is -3.63. The predicted molar refractivity (Wildman–Crippen MR) is 131 cm³/mol. The molecule has 180 valence electrons.